The number of hydrogen-bond acceptors (Lipinski definition) is 5. The fraction of sp³-hybridized carbons (Fsp3) is 0.727. The van der Waals surface area contributed by atoms with Crippen LogP contribution in [0.2, 0.25) is 0 Å². The van der Waals surface area contributed by atoms with Crippen molar-refractivity contribution >= 4 is 17.7 Å². The van der Waals surface area contributed by atoms with Crippen LogP contribution in [-0.4, -0.2) is 82.1 Å². The molecule has 9 heteroatoms. The summed E-state index contributed by atoms with van der Waals surface area (Å²) in [6, 6.07) is 1.87. The van der Waals surface area contributed by atoms with E-state index in [0.717, 1.165) is 32.4 Å². The molecule has 1 aromatic rings. The summed E-state index contributed by atoms with van der Waals surface area (Å²) < 4.78 is 1.49. The van der Waals surface area contributed by atoms with E-state index in [0.29, 0.717) is 30.7 Å². The monoisotopic (exact) mass is 432 g/mol. The third-order valence-corrected chi connectivity index (χ3v) is 6.63. The van der Waals surface area contributed by atoms with Gasteiger partial charge in [0, 0.05) is 32.2 Å². The molecule has 2 aliphatic rings. The van der Waals surface area contributed by atoms with Gasteiger partial charge in [0.2, 0.25) is 5.91 Å². The predicted molar refractivity (Wildman–Crippen MR) is 118 cm³/mol. The minimum atomic E-state index is -1.06. The van der Waals surface area contributed by atoms with Crippen molar-refractivity contribution in [2.24, 2.45) is 5.92 Å². The van der Waals surface area contributed by atoms with Crippen LogP contribution in [0.3, 0.4) is 0 Å². The van der Waals surface area contributed by atoms with Crippen LogP contribution in [-0.2, 0) is 11.3 Å². The number of nitrogens with zero attached hydrogens (tertiary/aromatic N) is 4. The molecule has 0 aromatic carbocycles. The largest absolute Gasteiger partial charge is 0.354 e. The van der Waals surface area contributed by atoms with Crippen LogP contribution < -0.4 is 10.6 Å². The normalized spacial score (nSPS) is 23.9. The molecule has 0 aliphatic carbocycles. The first-order valence-corrected chi connectivity index (χ1v) is 11.3. The number of likely N-dealkylation sites (N-methyl/N-ethyl adjacent to an activating group) is 2. The summed E-state index contributed by atoms with van der Waals surface area (Å²) in [6.07, 6.45) is 3.08. The lowest BCUT2D eigenvalue weighted by atomic mass is 9.95. The lowest BCUT2D eigenvalue weighted by Crippen LogP contribution is -2.62. The van der Waals surface area contributed by atoms with Gasteiger partial charge >= 0.3 is 0 Å². The fourth-order valence-electron chi connectivity index (χ4n) is 4.35. The standard InChI is InChI=1S/C22H36N6O3/c1-6-27-11-7-8-16(27)13-24-19(29)17-12-18-20(30)26(5)22(4,14-28(18)25-17)21(31)23-10-9-15(2)3/h12,15-16H,6-11,13-14H2,1-5H3,(H,23,31)(H,24,29)/t16-,22-/m0/s1. The van der Waals surface area contributed by atoms with Crippen LogP contribution in [0.15, 0.2) is 6.07 Å². The number of aromatic nitrogens is 2. The summed E-state index contributed by atoms with van der Waals surface area (Å²) in [6.45, 7) is 11.4. The highest BCUT2D eigenvalue weighted by Gasteiger charge is 2.46. The quantitative estimate of drug-likeness (QED) is 0.641. The first kappa shape index (κ1) is 23.2. The highest BCUT2D eigenvalue weighted by Crippen LogP contribution is 2.26. The van der Waals surface area contributed by atoms with E-state index in [1.807, 2.05) is 0 Å². The molecule has 31 heavy (non-hydrogen) atoms. The first-order chi connectivity index (χ1) is 14.7. The van der Waals surface area contributed by atoms with Crippen molar-refractivity contribution in [3.63, 3.8) is 0 Å². The summed E-state index contributed by atoms with van der Waals surface area (Å²) in [5, 5.41) is 10.3. The Hall–Kier alpha value is -2.42. The summed E-state index contributed by atoms with van der Waals surface area (Å²) in [5.74, 6) is -0.334. The van der Waals surface area contributed by atoms with Crippen LogP contribution in [0, 0.1) is 5.92 Å². The third kappa shape index (κ3) is 4.76. The number of hydrogen-bond donors (Lipinski definition) is 2. The van der Waals surface area contributed by atoms with Gasteiger partial charge in [-0.1, -0.05) is 20.8 Å². The molecule has 0 saturated carbocycles. The lowest BCUT2D eigenvalue weighted by molar-refractivity contribution is -0.132. The number of carbonyl (C=O) groups excluding carboxylic acids is 3. The van der Waals surface area contributed by atoms with Crippen molar-refractivity contribution in [1.82, 2.24) is 30.2 Å². The Kier molecular flexibility index (Phi) is 7.03. The molecule has 0 unspecified atom stereocenters. The number of nitrogens with one attached hydrogen (secondary N) is 2. The van der Waals surface area contributed by atoms with Gasteiger partial charge in [-0.25, -0.2) is 0 Å². The van der Waals surface area contributed by atoms with Crippen molar-refractivity contribution in [1.29, 1.82) is 0 Å². The molecular formula is C22H36N6O3. The molecule has 1 aromatic heterocycles. The zero-order chi connectivity index (χ0) is 22.8. The molecule has 2 atom stereocenters. The molecule has 2 N–H and O–H groups in total. The number of fused-ring (bicyclic) bond motifs is 1. The molecule has 2 aliphatic heterocycles. The number of likely N-dealkylation sites (tertiary alicyclic amines) is 1. The molecule has 0 spiro atoms. The van der Waals surface area contributed by atoms with E-state index >= 15 is 0 Å². The van der Waals surface area contributed by atoms with Crippen molar-refractivity contribution in [3.05, 3.63) is 17.5 Å². The fourth-order valence-corrected chi connectivity index (χ4v) is 4.35. The van der Waals surface area contributed by atoms with E-state index in [9.17, 15) is 14.4 Å². The van der Waals surface area contributed by atoms with Crippen molar-refractivity contribution in [2.45, 2.75) is 65.1 Å². The van der Waals surface area contributed by atoms with E-state index in [4.69, 9.17) is 0 Å². The third-order valence-electron chi connectivity index (χ3n) is 6.63. The van der Waals surface area contributed by atoms with Gasteiger partial charge in [0.1, 0.15) is 11.2 Å². The van der Waals surface area contributed by atoms with Crippen LogP contribution in [0.4, 0.5) is 0 Å². The summed E-state index contributed by atoms with van der Waals surface area (Å²) >= 11 is 0. The number of carbonyl (C=O) groups is 3. The van der Waals surface area contributed by atoms with Crippen LogP contribution in [0.25, 0.3) is 0 Å². The average Bonchev–Trinajstić information content (AvgIpc) is 3.36. The highest BCUT2D eigenvalue weighted by molar-refractivity contribution is 6.01. The summed E-state index contributed by atoms with van der Waals surface area (Å²) in [4.78, 5) is 42.3. The highest BCUT2D eigenvalue weighted by atomic mass is 16.2. The molecule has 0 radical (unpaired) electrons. The summed E-state index contributed by atoms with van der Waals surface area (Å²) in [7, 11) is 1.63. The maximum Gasteiger partial charge on any atom is 0.272 e. The Bertz CT molecular complexity index is 835. The maximum absolute atomic E-state index is 13.0. The molecule has 9 nitrogen and oxygen atoms in total. The number of amides is 3. The Morgan fingerprint density at radius 1 is 1.32 bits per heavy atom. The van der Waals surface area contributed by atoms with E-state index in [2.05, 4.69) is 41.4 Å². The maximum atomic E-state index is 13.0. The van der Waals surface area contributed by atoms with Gasteiger partial charge in [0.15, 0.2) is 5.69 Å². The van der Waals surface area contributed by atoms with Crippen molar-refractivity contribution < 1.29 is 14.4 Å². The van der Waals surface area contributed by atoms with Crippen molar-refractivity contribution in [3.8, 4) is 0 Å². The molecular weight excluding hydrogens is 396 g/mol. The lowest BCUT2D eigenvalue weighted by Gasteiger charge is -2.40. The topological polar surface area (TPSA) is 99.6 Å². The smallest absolute Gasteiger partial charge is 0.272 e. The molecule has 1 saturated heterocycles. The van der Waals surface area contributed by atoms with E-state index in [1.54, 1.807) is 14.0 Å². The number of rotatable bonds is 8. The Balaban J connectivity index is 1.69. The second-order valence-electron chi connectivity index (χ2n) is 9.28. The molecule has 1 fully saturated rings. The van der Waals surface area contributed by atoms with Crippen LogP contribution in [0.5, 0.6) is 0 Å². The van der Waals surface area contributed by atoms with E-state index < -0.39 is 5.54 Å². The van der Waals surface area contributed by atoms with Crippen molar-refractivity contribution in [2.75, 3.05) is 33.2 Å². The molecule has 0 bridgehead atoms. The zero-order valence-corrected chi connectivity index (χ0v) is 19.4. The molecule has 3 amide bonds. The Labute approximate surface area is 184 Å². The van der Waals surface area contributed by atoms with Gasteiger partial charge in [0.25, 0.3) is 11.8 Å². The minimum absolute atomic E-state index is 0.206. The average molecular weight is 433 g/mol. The molecule has 3 rings (SSSR count). The van der Waals surface area contributed by atoms with Gasteiger partial charge < -0.3 is 15.5 Å². The van der Waals surface area contributed by atoms with Gasteiger partial charge in [0.05, 0.1) is 6.54 Å². The first-order valence-electron chi connectivity index (χ1n) is 11.3. The van der Waals surface area contributed by atoms with E-state index in [-0.39, 0.29) is 30.0 Å². The van der Waals surface area contributed by atoms with Gasteiger partial charge in [-0.05, 0) is 45.2 Å². The predicted octanol–water partition coefficient (Wildman–Crippen LogP) is 1.10. The molecule has 172 valence electrons. The second kappa shape index (κ2) is 9.38. The van der Waals surface area contributed by atoms with Crippen LogP contribution in [0.1, 0.15) is 67.9 Å². The van der Waals surface area contributed by atoms with Gasteiger partial charge in [-0.3, -0.25) is 24.0 Å². The zero-order valence-electron chi connectivity index (χ0n) is 19.4. The minimum Gasteiger partial charge on any atom is -0.354 e. The SMILES string of the molecule is CCN1CCC[C@H]1CNC(=O)c1cc2n(n1)C[C@@](C)(C(=O)NCCC(C)C)N(C)C2=O. The van der Waals surface area contributed by atoms with Crippen LogP contribution >= 0.6 is 0 Å². The van der Waals surface area contributed by atoms with E-state index in [1.165, 1.54) is 15.6 Å². The van der Waals surface area contributed by atoms with Gasteiger partial charge in [-0.15, -0.1) is 0 Å². The Morgan fingerprint density at radius 2 is 2.06 bits per heavy atom. The van der Waals surface area contributed by atoms with Gasteiger partial charge in [-0.2, -0.15) is 5.10 Å². The molecule has 3 heterocycles. The Morgan fingerprint density at radius 3 is 2.74 bits per heavy atom. The second-order valence-corrected chi connectivity index (χ2v) is 9.28. The summed E-state index contributed by atoms with van der Waals surface area (Å²) in [5.41, 5.74) is -0.523.